The molecule has 5 heteroatoms. The fourth-order valence-corrected chi connectivity index (χ4v) is 3.03. The minimum atomic E-state index is -0.213. The molecule has 3 rings (SSSR count). The van der Waals surface area contributed by atoms with Crippen molar-refractivity contribution in [3.63, 3.8) is 0 Å². The highest BCUT2D eigenvalue weighted by Crippen LogP contribution is 2.17. The predicted molar refractivity (Wildman–Crippen MR) is 105 cm³/mol. The van der Waals surface area contributed by atoms with Gasteiger partial charge < -0.3 is 4.57 Å². The van der Waals surface area contributed by atoms with E-state index in [-0.39, 0.29) is 5.91 Å². The molecule has 1 N–H and O–H groups in total. The van der Waals surface area contributed by atoms with Gasteiger partial charge in [0.25, 0.3) is 5.91 Å². The Bertz CT molecular complexity index is 941. The summed E-state index contributed by atoms with van der Waals surface area (Å²) < 4.78 is 2.13. The number of amides is 1. The quantitative estimate of drug-likeness (QED) is 0.538. The van der Waals surface area contributed by atoms with E-state index in [1.807, 2.05) is 50.2 Å². The first-order valence-electron chi connectivity index (χ1n) is 8.92. The van der Waals surface area contributed by atoms with Gasteiger partial charge in [0.05, 0.1) is 11.0 Å². The number of nitrogens with one attached hydrogen (secondary N) is 1. The van der Waals surface area contributed by atoms with E-state index >= 15 is 0 Å². The van der Waals surface area contributed by atoms with E-state index < -0.39 is 0 Å². The molecule has 0 saturated heterocycles. The second-order valence-electron chi connectivity index (χ2n) is 6.38. The Kier molecular flexibility index (Phi) is 5.46. The number of carbonyl (C=O) groups excluding carboxylic acids is 1. The summed E-state index contributed by atoms with van der Waals surface area (Å²) in [5, 5.41) is 4.23. The number of imidazole rings is 1. The van der Waals surface area contributed by atoms with Crippen molar-refractivity contribution in [2.45, 2.75) is 40.2 Å². The van der Waals surface area contributed by atoms with Crippen LogP contribution >= 0.6 is 0 Å². The molecular weight excluding hydrogens is 324 g/mol. The maximum Gasteiger partial charge on any atom is 0.271 e. The first kappa shape index (κ1) is 17.9. The van der Waals surface area contributed by atoms with Crippen LogP contribution in [0.15, 0.2) is 53.6 Å². The van der Waals surface area contributed by atoms with Crippen LogP contribution in [0.2, 0.25) is 0 Å². The number of hydrazone groups is 1. The molecule has 2 aromatic carbocycles. The number of aromatic nitrogens is 2. The Morgan fingerprint density at radius 3 is 2.69 bits per heavy atom. The molecule has 0 saturated carbocycles. The lowest BCUT2D eigenvalue weighted by Crippen LogP contribution is -2.19. The average Bonchev–Trinajstić information content (AvgIpc) is 2.99. The topological polar surface area (TPSA) is 59.3 Å². The Morgan fingerprint density at radius 2 is 1.96 bits per heavy atom. The van der Waals surface area contributed by atoms with Gasteiger partial charge in [-0.3, -0.25) is 4.79 Å². The molecule has 5 nitrogen and oxygen atoms in total. The Morgan fingerprint density at radius 1 is 1.19 bits per heavy atom. The third kappa shape index (κ3) is 3.99. The summed E-state index contributed by atoms with van der Waals surface area (Å²) in [5.74, 6) is 0.740. The Hall–Kier alpha value is -2.95. The largest absolute Gasteiger partial charge is 0.329 e. The molecular formula is C21H24N4O. The maximum atomic E-state index is 12.4. The van der Waals surface area contributed by atoms with Gasteiger partial charge in [-0.1, -0.05) is 30.3 Å². The summed E-state index contributed by atoms with van der Waals surface area (Å²) in [6.07, 6.45) is 1.72. The molecule has 3 aromatic rings. The zero-order valence-corrected chi connectivity index (χ0v) is 15.5. The lowest BCUT2D eigenvalue weighted by Gasteiger charge is -2.04. The fraction of sp³-hybridized carbons (Fsp3) is 0.286. The number of hydrogen-bond acceptors (Lipinski definition) is 3. The molecule has 0 aliphatic carbocycles. The monoisotopic (exact) mass is 348 g/mol. The molecule has 0 spiro atoms. The van der Waals surface area contributed by atoms with E-state index in [1.165, 1.54) is 5.56 Å². The summed E-state index contributed by atoms with van der Waals surface area (Å²) in [5.41, 5.74) is 7.26. The van der Waals surface area contributed by atoms with Crippen LogP contribution < -0.4 is 5.43 Å². The van der Waals surface area contributed by atoms with Crippen molar-refractivity contribution in [1.29, 1.82) is 0 Å². The van der Waals surface area contributed by atoms with Crippen LogP contribution in [0.4, 0.5) is 0 Å². The molecule has 1 aromatic heterocycles. The lowest BCUT2D eigenvalue weighted by atomic mass is 10.1. The molecule has 0 radical (unpaired) electrons. The van der Waals surface area contributed by atoms with Gasteiger partial charge >= 0.3 is 0 Å². The van der Waals surface area contributed by atoms with Crippen LogP contribution in [0.5, 0.6) is 0 Å². The summed E-state index contributed by atoms with van der Waals surface area (Å²) in [6.45, 7) is 6.85. The fourth-order valence-electron chi connectivity index (χ4n) is 3.03. The van der Waals surface area contributed by atoms with Gasteiger partial charge in [-0.15, -0.1) is 0 Å². The van der Waals surface area contributed by atoms with Crippen molar-refractivity contribution >= 4 is 22.7 Å². The SMILES string of the molecule is CCn1c(C)nc2cc(C(=O)N/N=C(/C)CCc3ccccc3)ccc21. The third-order valence-electron chi connectivity index (χ3n) is 4.48. The summed E-state index contributed by atoms with van der Waals surface area (Å²) in [6, 6.07) is 15.8. The number of rotatable bonds is 6. The highest BCUT2D eigenvalue weighted by Gasteiger charge is 2.10. The van der Waals surface area contributed by atoms with Gasteiger partial charge in [-0.2, -0.15) is 5.10 Å². The van der Waals surface area contributed by atoms with Gasteiger partial charge in [0.1, 0.15) is 5.82 Å². The van der Waals surface area contributed by atoms with Crippen molar-refractivity contribution in [3.8, 4) is 0 Å². The van der Waals surface area contributed by atoms with Crippen LogP contribution in [0, 0.1) is 6.92 Å². The molecule has 0 atom stereocenters. The van der Waals surface area contributed by atoms with Crippen molar-refractivity contribution < 1.29 is 4.79 Å². The van der Waals surface area contributed by atoms with E-state index in [1.54, 1.807) is 0 Å². The smallest absolute Gasteiger partial charge is 0.271 e. The highest BCUT2D eigenvalue weighted by molar-refractivity contribution is 5.98. The van der Waals surface area contributed by atoms with Crippen molar-refractivity contribution in [2.75, 3.05) is 0 Å². The van der Waals surface area contributed by atoms with Crippen molar-refractivity contribution in [3.05, 3.63) is 65.5 Å². The molecule has 1 heterocycles. The molecule has 134 valence electrons. The minimum Gasteiger partial charge on any atom is -0.329 e. The summed E-state index contributed by atoms with van der Waals surface area (Å²) in [4.78, 5) is 16.9. The Labute approximate surface area is 153 Å². The minimum absolute atomic E-state index is 0.213. The average molecular weight is 348 g/mol. The van der Waals surface area contributed by atoms with Crippen molar-refractivity contribution in [2.24, 2.45) is 5.10 Å². The maximum absolute atomic E-state index is 12.4. The number of aryl methyl sites for hydroxylation is 3. The van der Waals surface area contributed by atoms with Gasteiger partial charge in [-0.25, -0.2) is 10.4 Å². The number of nitrogens with zero attached hydrogens (tertiary/aromatic N) is 3. The predicted octanol–water partition coefficient (Wildman–Crippen LogP) is 4.10. The number of hydrogen-bond donors (Lipinski definition) is 1. The van der Waals surface area contributed by atoms with E-state index in [4.69, 9.17) is 0 Å². The van der Waals surface area contributed by atoms with Crippen LogP contribution in [-0.4, -0.2) is 21.2 Å². The number of carbonyl (C=O) groups is 1. The van der Waals surface area contributed by atoms with Crippen LogP contribution in [0.25, 0.3) is 11.0 Å². The zero-order valence-electron chi connectivity index (χ0n) is 15.5. The van der Waals surface area contributed by atoms with Gasteiger partial charge in [0.2, 0.25) is 0 Å². The van der Waals surface area contributed by atoms with E-state index in [9.17, 15) is 4.79 Å². The summed E-state index contributed by atoms with van der Waals surface area (Å²) >= 11 is 0. The van der Waals surface area contributed by atoms with Crippen molar-refractivity contribution in [1.82, 2.24) is 15.0 Å². The van der Waals surface area contributed by atoms with Gasteiger partial charge in [-0.05, 0) is 57.4 Å². The Balaban J connectivity index is 1.64. The molecule has 0 aliphatic rings. The van der Waals surface area contributed by atoms with E-state index in [2.05, 4.69) is 39.1 Å². The molecule has 1 amide bonds. The number of benzene rings is 2. The molecule has 0 aliphatic heterocycles. The second kappa shape index (κ2) is 7.95. The van der Waals surface area contributed by atoms with Crippen LogP contribution in [0.3, 0.4) is 0 Å². The highest BCUT2D eigenvalue weighted by atomic mass is 16.2. The lowest BCUT2D eigenvalue weighted by molar-refractivity contribution is 0.0955. The molecule has 0 unspecified atom stereocenters. The van der Waals surface area contributed by atoms with Crippen LogP contribution in [0.1, 0.15) is 42.0 Å². The molecule has 26 heavy (non-hydrogen) atoms. The van der Waals surface area contributed by atoms with Gasteiger partial charge in [0.15, 0.2) is 0 Å². The number of fused-ring (bicyclic) bond motifs is 1. The first-order chi connectivity index (χ1) is 12.6. The second-order valence-corrected chi connectivity index (χ2v) is 6.38. The summed E-state index contributed by atoms with van der Waals surface area (Å²) in [7, 11) is 0. The van der Waals surface area contributed by atoms with E-state index in [0.717, 1.165) is 42.0 Å². The zero-order chi connectivity index (χ0) is 18.5. The van der Waals surface area contributed by atoms with Crippen LogP contribution in [-0.2, 0) is 13.0 Å². The normalized spacial score (nSPS) is 11.7. The van der Waals surface area contributed by atoms with Gasteiger partial charge in [0, 0.05) is 17.8 Å². The first-order valence-corrected chi connectivity index (χ1v) is 8.92. The third-order valence-corrected chi connectivity index (χ3v) is 4.48. The molecule has 0 bridgehead atoms. The molecule has 0 fully saturated rings. The standard InChI is InChI=1S/C21H24N4O/c1-4-25-16(3)22-19-14-18(12-13-20(19)25)21(26)24-23-15(2)10-11-17-8-6-5-7-9-17/h5-9,12-14H,4,10-11H2,1-3H3,(H,24,26)/b23-15-. The van der Waals surface area contributed by atoms with E-state index in [0.29, 0.717) is 5.56 Å².